The minimum atomic E-state index is -0.181. The van der Waals surface area contributed by atoms with E-state index in [0.717, 1.165) is 33.9 Å². The van der Waals surface area contributed by atoms with Crippen LogP contribution >= 0.6 is 0 Å². The first-order chi connectivity index (χ1) is 25.2. The number of para-hydroxylation sites is 3. The number of rotatable bonds is 5. The molecule has 0 saturated carbocycles. The van der Waals surface area contributed by atoms with Gasteiger partial charge in [0.25, 0.3) is 0 Å². The van der Waals surface area contributed by atoms with Gasteiger partial charge in [0, 0.05) is 45.7 Å². The Balaban J connectivity index is 1.18. The highest BCUT2D eigenvalue weighted by molar-refractivity contribution is 6.23. The standard InChI is InChI=1S/C47H34N4/c1-49-44(33-17-7-3-8-18-33)31-41(32-15-5-2-6-16-32)48-47(49)34-25-27-36(28-26-34)51-43-24-14-12-22-38(43)40-30-29-39-37-21-11-13-23-42(37)50(45(39)46(40)51)35-19-9-4-10-20-35/h2-31,47H,1H3. The number of benzene rings is 7. The molecule has 4 heteroatoms. The Morgan fingerprint density at radius 3 is 1.47 bits per heavy atom. The van der Waals surface area contributed by atoms with Crippen LogP contribution in [0.5, 0.6) is 0 Å². The summed E-state index contributed by atoms with van der Waals surface area (Å²) >= 11 is 0. The Labute approximate surface area is 296 Å². The summed E-state index contributed by atoms with van der Waals surface area (Å²) in [4.78, 5) is 7.63. The van der Waals surface area contributed by atoms with Crippen LogP contribution in [-0.4, -0.2) is 26.8 Å². The predicted molar refractivity (Wildman–Crippen MR) is 213 cm³/mol. The minimum Gasteiger partial charge on any atom is -0.349 e. The molecule has 242 valence electrons. The lowest BCUT2D eigenvalue weighted by atomic mass is 10.0. The van der Waals surface area contributed by atoms with Crippen LogP contribution in [0.4, 0.5) is 0 Å². The average Bonchev–Trinajstić information content (AvgIpc) is 3.72. The lowest BCUT2D eigenvalue weighted by molar-refractivity contribution is 0.364. The van der Waals surface area contributed by atoms with Gasteiger partial charge in [0.1, 0.15) is 6.17 Å². The minimum absolute atomic E-state index is 0.181. The van der Waals surface area contributed by atoms with Gasteiger partial charge in [-0.3, -0.25) is 4.99 Å². The molecule has 1 atom stereocenters. The zero-order valence-electron chi connectivity index (χ0n) is 28.2. The van der Waals surface area contributed by atoms with E-state index in [2.05, 4.69) is 203 Å². The van der Waals surface area contributed by atoms with Crippen LogP contribution in [0.3, 0.4) is 0 Å². The van der Waals surface area contributed by atoms with E-state index in [1.807, 2.05) is 0 Å². The maximum Gasteiger partial charge on any atom is 0.147 e. The van der Waals surface area contributed by atoms with Crippen molar-refractivity contribution in [2.45, 2.75) is 6.17 Å². The Kier molecular flexibility index (Phi) is 6.75. The summed E-state index contributed by atoms with van der Waals surface area (Å²) in [5, 5.41) is 4.98. The second-order valence-corrected chi connectivity index (χ2v) is 13.3. The normalized spacial score (nSPS) is 14.8. The Morgan fingerprint density at radius 1 is 0.431 bits per heavy atom. The molecule has 0 N–H and O–H groups in total. The van der Waals surface area contributed by atoms with Crippen molar-refractivity contribution >= 4 is 55.0 Å². The molecule has 1 unspecified atom stereocenters. The Morgan fingerprint density at radius 2 is 0.902 bits per heavy atom. The predicted octanol–water partition coefficient (Wildman–Crippen LogP) is 11.4. The number of aromatic nitrogens is 2. The summed E-state index contributed by atoms with van der Waals surface area (Å²) < 4.78 is 4.89. The molecule has 1 aliphatic rings. The molecule has 0 fully saturated rings. The molecule has 10 rings (SSSR count). The van der Waals surface area contributed by atoms with E-state index >= 15 is 0 Å². The van der Waals surface area contributed by atoms with Crippen LogP contribution in [0.15, 0.2) is 187 Å². The van der Waals surface area contributed by atoms with E-state index in [1.165, 1.54) is 49.2 Å². The fraction of sp³-hybridized carbons (Fsp3) is 0.0426. The number of allylic oxidation sites excluding steroid dienone is 1. The van der Waals surface area contributed by atoms with Crippen molar-refractivity contribution in [1.29, 1.82) is 0 Å². The van der Waals surface area contributed by atoms with Gasteiger partial charge in [0.2, 0.25) is 0 Å². The highest BCUT2D eigenvalue weighted by Crippen LogP contribution is 2.42. The van der Waals surface area contributed by atoms with Gasteiger partial charge in [-0.25, -0.2) is 0 Å². The van der Waals surface area contributed by atoms with Gasteiger partial charge < -0.3 is 14.0 Å². The van der Waals surface area contributed by atoms with Crippen LogP contribution < -0.4 is 0 Å². The third kappa shape index (κ3) is 4.64. The van der Waals surface area contributed by atoms with Gasteiger partial charge in [-0.05, 0) is 59.2 Å². The monoisotopic (exact) mass is 654 g/mol. The Hall–Kier alpha value is -6.65. The third-order valence-corrected chi connectivity index (χ3v) is 10.4. The largest absolute Gasteiger partial charge is 0.349 e. The van der Waals surface area contributed by atoms with Crippen molar-refractivity contribution in [2.75, 3.05) is 7.05 Å². The summed E-state index contributed by atoms with van der Waals surface area (Å²) in [6, 6.07) is 63.0. The van der Waals surface area contributed by atoms with Crippen LogP contribution in [0.2, 0.25) is 0 Å². The van der Waals surface area contributed by atoms with E-state index in [1.54, 1.807) is 0 Å². The zero-order chi connectivity index (χ0) is 33.9. The second-order valence-electron chi connectivity index (χ2n) is 13.3. The first kappa shape index (κ1) is 29.3. The second kappa shape index (κ2) is 11.7. The highest BCUT2D eigenvalue weighted by Gasteiger charge is 2.26. The third-order valence-electron chi connectivity index (χ3n) is 10.4. The fourth-order valence-electron chi connectivity index (χ4n) is 7.99. The Bertz CT molecular complexity index is 2790. The molecule has 0 aliphatic carbocycles. The summed E-state index contributed by atoms with van der Waals surface area (Å²) in [7, 11) is 2.15. The van der Waals surface area contributed by atoms with Crippen molar-refractivity contribution in [3.8, 4) is 11.4 Å². The van der Waals surface area contributed by atoms with Crippen molar-refractivity contribution < 1.29 is 0 Å². The number of hydrogen-bond acceptors (Lipinski definition) is 2. The van der Waals surface area contributed by atoms with E-state index in [9.17, 15) is 0 Å². The van der Waals surface area contributed by atoms with E-state index < -0.39 is 0 Å². The molecule has 0 radical (unpaired) electrons. The molecule has 1 aliphatic heterocycles. The molecule has 0 bridgehead atoms. The molecular weight excluding hydrogens is 621 g/mol. The van der Waals surface area contributed by atoms with Crippen LogP contribution in [0.1, 0.15) is 22.9 Å². The smallest absolute Gasteiger partial charge is 0.147 e. The van der Waals surface area contributed by atoms with Crippen LogP contribution in [0.25, 0.3) is 60.7 Å². The van der Waals surface area contributed by atoms with Gasteiger partial charge in [0.15, 0.2) is 0 Å². The van der Waals surface area contributed by atoms with Gasteiger partial charge in [-0.2, -0.15) is 0 Å². The molecule has 0 saturated heterocycles. The van der Waals surface area contributed by atoms with E-state index in [4.69, 9.17) is 4.99 Å². The van der Waals surface area contributed by atoms with Crippen molar-refractivity contribution in [1.82, 2.24) is 14.0 Å². The van der Waals surface area contributed by atoms with Gasteiger partial charge in [-0.1, -0.05) is 140 Å². The van der Waals surface area contributed by atoms with Crippen LogP contribution in [-0.2, 0) is 0 Å². The van der Waals surface area contributed by atoms with Gasteiger partial charge >= 0.3 is 0 Å². The molecule has 0 spiro atoms. The fourth-order valence-corrected chi connectivity index (χ4v) is 7.99. The first-order valence-electron chi connectivity index (χ1n) is 17.5. The molecule has 3 heterocycles. The molecular formula is C47H34N4. The quantitative estimate of drug-likeness (QED) is 0.181. The molecule has 0 amide bonds. The van der Waals surface area contributed by atoms with Crippen LogP contribution in [0, 0.1) is 0 Å². The topological polar surface area (TPSA) is 25.5 Å². The summed E-state index contributed by atoms with van der Waals surface area (Å²) in [5.41, 5.74) is 12.6. The number of nitrogens with zero attached hydrogens (tertiary/aromatic N) is 4. The number of aliphatic imine (C=N–C) groups is 1. The first-order valence-corrected chi connectivity index (χ1v) is 17.5. The van der Waals surface area contributed by atoms with Crippen molar-refractivity contribution in [2.24, 2.45) is 4.99 Å². The number of fused-ring (bicyclic) bond motifs is 7. The summed E-state index contributed by atoms with van der Waals surface area (Å²) in [5.74, 6) is 0. The number of hydrogen-bond donors (Lipinski definition) is 0. The molecule has 2 aromatic heterocycles. The lowest BCUT2D eigenvalue weighted by Gasteiger charge is -2.34. The maximum atomic E-state index is 5.34. The van der Waals surface area contributed by atoms with Gasteiger partial charge in [0.05, 0.1) is 27.8 Å². The lowest BCUT2D eigenvalue weighted by Crippen LogP contribution is -2.27. The zero-order valence-corrected chi connectivity index (χ0v) is 28.2. The molecule has 9 aromatic rings. The molecule has 4 nitrogen and oxygen atoms in total. The average molecular weight is 655 g/mol. The maximum absolute atomic E-state index is 5.34. The summed E-state index contributed by atoms with van der Waals surface area (Å²) in [6.45, 7) is 0. The molecule has 51 heavy (non-hydrogen) atoms. The highest BCUT2D eigenvalue weighted by atomic mass is 15.2. The van der Waals surface area contributed by atoms with Crippen molar-refractivity contribution in [3.05, 3.63) is 199 Å². The van der Waals surface area contributed by atoms with Gasteiger partial charge in [-0.15, -0.1) is 0 Å². The summed E-state index contributed by atoms with van der Waals surface area (Å²) in [6.07, 6.45) is 2.03. The van der Waals surface area contributed by atoms with E-state index in [0.29, 0.717) is 0 Å². The molecule has 7 aromatic carbocycles. The van der Waals surface area contributed by atoms with E-state index in [-0.39, 0.29) is 6.17 Å². The van der Waals surface area contributed by atoms with Crippen molar-refractivity contribution in [3.63, 3.8) is 0 Å². The SMILES string of the molecule is CN1C(c2ccccc2)=CC(c2ccccc2)=NC1c1ccc(-n2c3ccccc3c3ccc4c5ccccc5n(-c5ccccc5)c4c32)cc1.